The Morgan fingerprint density at radius 3 is 2.65 bits per heavy atom. The van der Waals surface area contributed by atoms with E-state index in [0.717, 1.165) is 14.8 Å². The van der Waals surface area contributed by atoms with Gasteiger partial charge in [0, 0.05) is 3.57 Å². The third-order valence-electron chi connectivity index (χ3n) is 3.72. The fourth-order valence-electron chi connectivity index (χ4n) is 2.48. The highest BCUT2D eigenvalue weighted by molar-refractivity contribution is 14.1. The normalized spacial score (nSPS) is 10.9. The van der Waals surface area contributed by atoms with E-state index in [4.69, 9.17) is 4.74 Å². The van der Waals surface area contributed by atoms with Gasteiger partial charge in [0.15, 0.2) is 5.16 Å². The Labute approximate surface area is 168 Å². The van der Waals surface area contributed by atoms with Crippen LogP contribution < -0.4 is 5.56 Å². The Kier molecular flexibility index (Phi) is 5.98. The zero-order chi connectivity index (χ0) is 18.7. The number of nitrogens with zero attached hydrogens (tertiary/aromatic N) is 2. The summed E-state index contributed by atoms with van der Waals surface area (Å²) in [5.74, 6) is -0.230. The summed E-state index contributed by atoms with van der Waals surface area (Å²) in [6.07, 6.45) is 0. The number of rotatable bonds is 5. The predicted octanol–water partition coefficient (Wildman–Crippen LogP) is 3.95. The number of benzene rings is 2. The summed E-state index contributed by atoms with van der Waals surface area (Å²) in [5.41, 5.74) is 2.29. The van der Waals surface area contributed by atoms with Crippen LogP contribution in [0.1, 0.15) is 12.5 Å². The Morgan fingerprint density at radius 2 is 1.96 bits per heavy atom. The highest BCUT2D eigenvalue weighted by Crippen LogP contribution is 2.22. The summed E-state index contributed by atoms with van der Waals surface area (Å²) in [6, 6.07) is 13.2. The van der Waals surface area contributed by atoms with Crippen LogP contribution in [0, 0.1) is 10.5 Å². The topological polar surface area (TPSA) is 61.2 Å². The van der Waals surface area contributed by atoms with Crippen LogP contribution in [0.15, 0.2) is 52.4 Å². The van der Waals surface area contributed by atoms with Gasteiger partial charge in [0.1, 0.15) is 0 Å². The number of ether oxygens (including phenoxy) is 1. The molecule has 134 valence electrons. The van der Waals surface area contributed by atoms with E-state index in [1.54, 1.807) is 11.5 Å². The monoisotopic (exact) mass is 480 g/mol. The Bertz CT molecular complexity index is 1020. The molecule has 0 fully saturated rings. The number of thioether (sulfide) groups is 1. The average molecular weight is 480 g/mol. The second-order valence-electron chi connectivity index (χ2n) is 5.63. The number of carbonyl (C=O) groups is 1. The number of fused-ring (bicyclic) bond motifs is 1. The molecule has 0 spiro atoms. The average Bonchev–Trinajstić information content (AvgIpc) is 2.62. The molecular formula is C19H17IN2O3S. The van der Waals surface area contributed by atoms with Crippen LogP contribution in [0.2, 0.25) is 0 Å². The van der Waals surface area contributed by atoms with Crippen molar-refractivity contribution in [1.82, 2.24) is 9.55 Å². The summed E-state index contributed by atoms with van der Waals surface area (Å²) in [5, 5.41) is 1.03. The summed E-state index contributed by atoms with van der Waals surface area (Å²) in [4.78, 5) is 29.5. The van der Waals surface area contributed by atoms with E-state index in [1.807, 2.05) is 49.4 Å². The molecule has 2 aromatic carbocycles. The fourth-order valence-corrected chi connectivity index (χ4v) is 3.78. The third-order valence-corrected chi connectivity index (χ3v) is 5.30. The van der Waals surface area contributed by atoms with Crippen LogP contribution in [0.3, 0.4) is 0 Å². The SMILES string of the molecule is CCOC(=O)CSc1nc2ccc(I)cc2c(=O)n1-c1ccc(C)cc1. The van der Waals surface area contributed by atoms with E-state index in [2.05, 4.69) is 27.6 Å². The van der Waals surface area contributed by atoms with Crippen LogP contribution in [-0.4, -0.2) is 27.9 Å². The first-order valence-corrected chi connectivity index (χ1v) is 10.1. The molecule has 0 N–H and O–H groups in total. The fraction of sp³-hybridized carbons (Fsp3) is 0.211. The molecule has 0 aliphatic rings. The first kappa shape index (κ1) is 18.9. The van der Waals surface area contributed by atoms with Crippen molar-refractivity contribution in [2.45, 2.75) is 19.0 Å². The quantitative estimate of drug-likeness (QED) is 0.240. The molecule has 3 rings (SSSR count). The van der Waals surface area contributed by atoms with Crippen molar-refractivity contribution in [3.63, 3.8) is 0 Å². The molecule has 0 atom stereocenters. The number of hydrogen-bond donors (Lipinski definition) is 0. The number of hydrogen-bond acceptors (Lipinski definition) is 5. The minimum Gasteiger partial charge on any atom is -0.465 e. The molecule has 1 heterocycles. The molecule has 0 amide bonds. The highest BCUT2D eigenvalue weighted by Gasteiger charge is 2.15. The number of aromatic nitrogens is 2. The first-order chi connectivity index (χ1) is 12.5. The maximum atomic E-state index is 13.1. The molecule has 0 aliphatic carbocycles. The highest BCUT2D eigenvalue weighted by atomic mass is 127. The van der Waals surface area contributed by atoms with Gasteiger partial charge < -0.3 is 4.74 Å². The maximum absolute atomic E-state index is 13.1. The summed E-state index contributed by atoms with van der Waals surface area (Å²) in [7, 11) is 0. The van der Waals surface area contributed by atoms with E-state index in [9.17, 15) is 9.59 Å². The van der Waals surface area contributed by atoms with Crippen LogP contribution in [-0.2, 0) is 9.53 Å². The van der Waals surface area contributed by atoms with Crippen molar-refractivity contribution in [3.05, 3.63) is 62.0 Å². The van der Waals surface area contributed by atoms with Gasteiger partial charge >= 0.3 is 5.97 Å². The van der Waals surface area contributed by atoms with E-state index in [0.29, 0.717) is 22.7 Å². The molecule has 3 aromatic rings. The second kappa shape index (κ2) is 8.22. The van der Waals surface area contributed by atoms with Crippen molar-refractivity contribution in [2.24, 2.45) is 0 Å². The van der Waals surface area contributed by atoms with Gasteiger partial charge in [-0.2, -0.15) is 0 Å². The number of aryl methyl sites for hydroxylation is 1. The lowest BCUT2D eigenvalue weighted by Gasteiger charge is -2.13. The standard InChI is InChI=1S/C19H17IN2O3S/c1-3-25-17(23)11-26-19-21-16-9-6-13(20)10-15(16)18(24)22(19)14-7-4-12(2)5-8-14/h4-10H,3,11H2,1-2H3. The van der Waals surface area contributed by atoms with Crippen molar-refractivity contribution in [2.75, 3.05) is 12.4 Å². The maximum Gasteiger partial charge on any atom is 0.316 e. The van der Waals surface area contributed by atoms with Gasteiger partial charge in [0.05, 0.1) is 29.0 Å². The van der Waals surface area contributed by atoms with Crippen molar-refractivity contribution >= 4 is 51.2 Å². The van der Waals surface area contributed by atoms with Gasteiger partial charge in [-0.05, 0) is 66.8 Å². The minimum atomic E-state index is -0.329. The zero-order valence-corrected chi connectivity index (χ0v) is 17.3. The van der Waals surface area contributed by atoms with Crippen molar-refractivity contribution < 1.29 is 9.53 Å². The number of carbonyl (C=O) groups excluding carboxylic acids is 1. The van der Waals surface area contributed by atoms with Crippen LogP contribution in [0.4, 0.5) is 0 Å². The smallest absolute Gasteiger partial charge is 0.316 e. The summed E-state index contributed by atoms with van der Waals surface area (Å²) >= 11 is 3.38. The van der Waals surface area contributed by atoms with Crippen molar-refractivity contribution in [3.8, 4) is 5.69 Å². The van der Waals surface area contributed by atoms with Crippen molar-refractivity contribution in [1.29, 1.82) is 0 Å². The molecular weight excluding hydrogens is 463 g/mol. The second-order valence-corrected chi connectivity index (χ2v) is 7.81. The Morgan fingerprint density at radius 1 is 1.23 bits per heavy atom. The zero-order valence-electron chi connectivity index (χ0n) is 14.4. The Hall–Kier alpha value is -1.87. The molecule has 0 aliphatic heterocycles. The van der Waals surface area contributed by atoms with Crippen LogP contribution in [0.25, 0.3) is 16.6 Å². The van der Waals surface area contributed by atoms with Gasteiger partial charge in [-0.25, -0.2) is 4.98 Å². The third kappa shape index (κ3) is 4.09. The van der Waals surface area contributed by atoms with Gasteiger partial charge in [0.2, 0.25) is 0 Å². The molecule has 26 heavy (non-hydrogen) atoms. The summed E-state index contributed by atoms with van der Waals surface area (Å²) < 4.78 is 7.51. The minimum absolute atomic E-state index is 0.0992. The molecule has 7 heteroatoms. The van der Waals surface area contributed by atoms with E-state index >= 15 is 0 Å². The van der Waals surface area contributed by atoms with E-state index < -0.39 is 0 Å². The molecule has 5 nitrogen and oxygen atoms in total. The van der Waals surface area contributed by atoms with Gasteiger partial charge in [-0.3, -0.25) is 14.2 Å². The van der Waals surface area contributed by atoms with E-state index in [-0.39, 0.29) is 17.3 Å². The van der Waals surface area contributed by atoms with Gasteiger partial charge in [0.25, 0.3) is 5.56 Å². The Balaban J connectivity index is 2.15. The lowest BCUT2D eigenvalue weighted by atomic mass is 10.2. The lowest BCUT2D eigenvalue weighted by Crippen LogP contribution is -2.22. The molecule has 0 bridgehead atoms. The first-order valence-electron chi connectivity index (χ1n) is 8.07. The number of halogens is 1. The van der Waals surface area contributed by atoms with Gasteiger partial charge in [-0.1, -0.05) is 29.5 Å². The molecule has 0 unspecified atom stereocenters. The van der Waals surface area contributed by atoms with Gasteiger partial charge in [-0.15, -0.1) is 0 Å². The van der Waals surface area contributed by atoms with Crippen LogP contribution >= 0.6 is 34.4 Å². The predicted molar refractivity (Wildman–Crippen MR) is 112 cm³/mol. The van der Waals surface area contributed by atoms with Crippen LogP contribution in [0.5, 0.6) is 0 Å². The molecule has 0 radical (unpaired) electrons. The lowest BCUT2D eigenvalue weighted by molar-refractivity contribution is -0.139. The number of esters is 1. The molecule has 1 aromatic heterocycles. The molecule has 0 saturated heterocycles. The van der Waals surface area contributed by atoms with E-state index in [1.165, 1.54) is 11.8 Å². The summed E-state index contributed by atoms with van der Waals surface area (Å²) in [6.45, 7) is 4.08. The molecule has 0 saturated carbocycles. The largest absolute Gasteiger partial charge is 0.465 e.